The Balaban J connectivity index is 2.78. The normalized spacial score (nSPS) is 10.4. The van der Waals surface area contributed by atoms with E-state index in [-0.39, 0.29) is 6.54 Å². The van der Waals surface area contributed by atoms with Gasteiger partial charge in [0.05, 0.1) is 11.6 Å². The van der Waals surface area contributed by atoms with E-state index in [1.165, 1.54) is 5.01 Å². The molecule has 7 heteroatoms. The van der Waals surface area contributed by atoms with Crippen molar-refractivity contribution in [3.63, 3.8) is 0 Å². The molecular weight excluding hydrogens is 323 g/mol. The zero-order valence-electron chi connectivity index (χ0n) is 9.64. The molecule has 0 saturated heterocycles. The quantitative estimate of drug-likeness (QED) is 0.664. The van der Waals surface area contributed by atoms with Crippen LogP contribution in [0.3, 0.4) is 0 Å². The molecule has 5 nitrogen and oxygen atoms in total. The highest BCUT2D eigenvalue weighted by molar-refractivity contribution is 9.10. The topological polar surface area (TPSA) is 60.9 Å². The number of hydrazine groups is 1. The van der Waals surface area contributed by atoms with Crippen LogP contribution >= 0.6 is 27.5 Å². The Morgan fingerprint density at radius 2 is 2.22 bits per heavy atom. The van der Waals surface area contributed by atoms with E-state index in [0.717, 1.165) is 15.0 Å². The summed E-state index contributed by atoms with van der Waals surface area (Å²) >= 11 is 9.23. The van der Waals surface area contributed by atoms with Gasteiger partial charge in [-0.05, 0) is 33.6 Å². The standard InChI is InChI=1S/C11H12BrClN2O3/c1-14(15(4-5-16)11(17)18)7-8-2-3-9(12)10(13)6-8/h2-3,5-6H,4,7H2,1H3,(H,17,18). The Hall–Kier alpha value is -1.11. The maximum Gasteiger partial charge on any atom is 0.422 e. The molecule has 1 amide bonds. The van der Waals surface area contributed by atoms with E-state index in [9.17, 15) is 9.59 Å². The summed E-state index contributed by atoms with van der Waals surface area (Å²) in [6.07, 6.45) is -0.632. The van der Waals surface area contributed by atoms with Gasteiger partial charge < -0.3 is 9.90 Å². The molecule has 0 heterocycles. The molecule has 0 atom stereocenters. The number of hydrogen-bond acceptors (Lipinski definition) is 3. The molecule has 0 aliphatic rings. The SMILES string of the molecule is CN(Cc1ccc(Br)c(Cl)c1)N(CC=O)C(=O)O. The average molecular weight is 336 g/mol. The van der Waals surface area contributed by atoms with E-state index in [4.69, 9.17) is 16.7 Å². The van der Waals surface area contributed by atoms with Crippen LogP contribution < -0.4 is 0 Å². The first-order valence-corrected chi connectivity index (χ1v) is 6.22. The van der Waals surface area contributed by atoms with Gasteiger partial charge in [-0.15, -0.1) is 0 Å². The predicted octanol–water partition coefficient (Wildman–Crippen LogP) is 2.63. The Morgan fingerprint density at radius 1 is 1.56 bits per heavy atom. The molecule has 0 spiro atoms. The maximum absolute atomic E-state index is 10.9. The molecule has 0 fully saturated rings. The number of nitrogens with zero attached hydrogens (tertiary/aromatic N) is 2. The Labute approximate surface area is 118 Å². The first-order valence-electron chi connectivity index (χ1n) is 5.04. The number of hydrogen-bond donors (Lipinski definition) is 1. The summed E-state index contributed by atoms with van der Waals surface area (Å²) in [6, 6.07) is 5.35. The van der Waals surface area contributed by atoms with Crippen molar-refractivity contribution >= 4 is 39.9 Å². The van der Waals surface area contributed by atoms with Gasteiger partial charge in [-0.1, -0.05) is 17.7 Å². The lowest BCUT2D eigenvalue weighted by atomic mass is 10.2. The van der Waals surface area contributed by atoms with Crippen LogP contribution in [0.2, 0.25) is 5.02 Å². The monoisotopic (exact) mass is 334 g/mol. The van der Waals surface area contributed by atoms with Crippen LogP contribution in [0.4, 0.5) is 4.79 Å². The lowest BCUT2D eigenvalue weighted by Crippen LogP contribution is -2.44. The minimum atomic E-state index is -1.17. The number of amides is 1. The molecule has 1 aromatic rings. The van der Waals surface area contributed by atoms with Gasteiger partial charge in [-0.2, -0.15) is 0 Å². The summed E-state index contributed by atoms with van der Waals surface area (Å²) in [5, 5.41) is 11.9. The van der Waals surface area contributed by atoms with Crippen LogP contribution in [-0.4, -0.2) is 41.1 Å². The van der Waals surface area contributed by atoms with Gasteiger partial charge in [-0.25, -0.2) is 14.8 Å². The zero-order valence-corrected chi connectivity index (χ0v) is 12.0. The second kappa shape index (κ2) is 6.72. The Kier molecular flexibility index (Phi) is 5.58. The highest BCUT2D eigenvalue weighted by atomic mass is 79.9. The summed E-state index contributed by atoms with van der Waals surface area (Å²) < 4.78 is 0.776. The predicted molar refractivity (Wildman–Crippen MR) is 71.4 cm³/mol. The van der Waals surface area contributed by atoms with Crippen molar-refractivity contribution in [3.8, 4) is 0 Å². The van der Waals surface area contributed by atoms with Gasteiger partial charge in [0.25, 0.3) is 0 Å². The van der Waals surface area contributed by atoms with Crippen molar-refractivity contribution in [2.45, 2.75) is 6.54 Å². The average Bonchev–Trinajstić information content (AvgIpc) is 2.30. The maximum atomic E-state index is 10.9. The highest BCUT2D eigenvalue weighted by Gasteiger charge is 2.17. The third-order valence-corrected chi connectivity index (χ3v) is 3.51. The summed E-state index contributed by atoms with van der Waals surface area (Å²) in [4.78, 5) is 21.4. The molecule has 0 radical (unpaired) electrons. The van der Waals surface area contributed by atoms with Crippen molar-refractivity contribution < 1.29 is 14.7 Å². The molecule has 0 saturated carbocycles. The fraction of sp³-hybridized carbons (Fsp3) is 0.273. The molecule has 0 unspecified atom stereocenters. The number of halogens is 2. The van der Waals surface area contributed by atoms with E-state index in [0.29, 0.717) is 17.9 Å². The lowest BCUT2D eigenvalue weighted by Gasteiger charge is -2.27. The molecule has 18 heavy (non-hydrogen) atoms. The smallest absolute Gasteiger partial charge is 0.422 e. The molecular formula is C11H12BrClN2O3. The van der Waals surface area contributed by atoms with Gasteiger partial charge in [0.15, 0.2) is 0 Å². The van der Waals surface area contributed by atoms with E-state index >= 15 is 0 Å². The number of carbonyl (C=O) groups is 2. The lowest BCUT2D eigenvalue weighted by molar-refractivity contribution is -0.112. The highest BCUT2D eigenvalue weighted by Crippen LogP contribution is 2.23. The molecule has 0 aliphatic carbocycles. The fourth-order valence-corrected chi connectivity index (χ4v) is 1.87. The van der Waals surface area contributed by atoms with Crippen molar-refractivity contribution in [1.82, 2.24) is 10.0 Å². The van der Waals surface area contributed by atoms with Crippen LogP contribution in [0.1, 0.15) is 5.56 Å². The van der Waals surface area contributed by atoms with Crippen LogP contribution in [0.15, 0.2) is 22.7 Å². The van der Waals surface area contributed by atoms with Gasteiger partial charge in [0.1, 0.15) is 6.29 Å². The molecule has 1 aromatic carbocycles. The second-order valence-electron chi connectivity index (χ2n) is 3.60. The number of rotatable bonds is 5. The van der Waals surface area contributed by atoms with Crippen molar-refractivity contribution in [1.29, 1.82) is 0 Å². The molecule has 0 aromatic heterocycles. The van der Waals surface area contributed by atoms with Crippen LogP contribution in [0.25, 0.3) is 0 Å². The number of carboxylic acid groups (broad SMARTS) is 1. The van der Waals surface area contributed by atoms with Gasteiger partial charge in [0.2, 0.25) is 0 Å². The summed E-state index contributed by atoms with van der Waals surface area (Å²) in [5.74, 6) is 0. The first kappa shape index (κ1) is 14.9. The third-order valence-electron chi connectivity index (χ3n) is 2.28. The number of carbonyl (C=O) groups excluding carboxylic acids is 1. The van der Waals surface area contributed by atoms with Gasteiger partial charge in [-0.3, -0.25) is 0 Å². The number of aldehydes is 1. The van der Waals surface area contributed by atoms with Crippen molar-refractivity contribution in [3.05, 3.63) is 33.3 Å². The second-order valence-corrected chi connectivity index (χ2v) is 4.86. The minimum absolute atomic E-state index is 0.198. The molecule has 0 bridgehead atoms. The van der Waals surface area contributed by atoms with Crippen molar-refractivity contribution in [2.24, 2.45) is 0 Å². The Bertz CT molecular complexity index is 456. The van der Waals surface area contributed by atoms with Crippen molar-refractivity contribution in [2.75, 3.05) is 13.6 Å². The molecule has 0 aliphatic heterocycles. The molecule has 98 valence electrons. The molecule has 1 rings (SSSR count). The van der Waals surface area contributed by atoms with Gasteiger partial charge in [0, 0.05) is 18.1 Å². The minimum Gasteiger partial charge on any atom is -0.464 e. The van der Waals surface area contributed by atoms with E-state index in [1.807, 2.05) is 6.07 Å². The largest absolute Gasteiger partial charge is 0.464 e. The van der Waals surface area contributed by atoms with Crippen LogP contribution in [0, 0.1) is 0 Å². The zero-order chi connectivity index (χ0) is 13.7. The van der Waals surface area contributed by atoms with Crippen LogP contribution in [0.5, 0.6) is 0 Å². The fourth-order valence-electron chi connectivity index (χ4n) is 1.42. The molecule has 1 N–H and O–H groups in total. The van der Waals surface area contributed by atoms with E-state index in [2.05, 4.69) is 15.9 Å². The summed E-state index contributed by atoms with van der Waals surface area (Å²) in [5.41, 5.74) is 0.850. The first-order chi connectivity index (χ1) is 8.45. The number of benzene rings is 1. The van der Waals surface area contributed by atoms with Crippen LogP contribution in [-0.2, 0) is 11.3 Å². The Morgan fingerprint density at radius 3 is 2.72 bits per heavy atom. The van der Waals surface area contributed by atoms with E-state index in [1.54, 1.807) is 19.2 Å². The van der Waals surface area contributed by atoms with E-state index < -0.39 is 6.09 Å². The summed E-state index contributed by atoms with van der Waals surface area (Å²) in [6.45, 7) is 0.142. The summed E-state index contributed by atoms with van der Waals surface area (Å²) in [7, 11) is 1.59. The van der Waals surface area contributed by atoms with Gasteiger partial charge >= 0.3 is 6.09 Å². The third kappa shape index (κ3) is 3.97.